The van der Waals surface area contributed by atoms with E-state index in [-0.39, 0.29) is 18.7 Å². The SMILES string of the molecule is Cc1ccc(NC(=O)C[C@@H](CC(=O)O)c2noc(C3CC(CC(C)(C)C)C3)c2C2CC2)c(C)c1. The zero-order valence-corrected chi connectivity index (χ0v) is 21.1. The van der Waals surface area contributed by atoms with Gasteiger partial charge in [-0.25, -0.2) is 0 Å². The Kier molecular flexibility index (Phi) is 6.88. The minimum Gasteiger partial charge on any atom is -0.481 e. The number of hydrogen-bond acceptors (Lipinski definition) is 4. The fourth-order valence-electron chi connectivity index (χ4n) is 5.53. The summed E-state index contributed by atoms with van der Waals surface area (Å²) in [5, 5.41) is 17.0. The average molecular weight is 467 g/mol. The van der Waals surface area contributed by atoms with Gasteiger partial charge in [0.25, 0.3) is 0 Å². The Morgan fingerprint density at radius 3 is 2.44 bits per heavy atom. The Hall–Kier alpha value is -2.63. The highest BCUT2D eigenvalue weighted by Crippen LogP contribution is 2.53. The first-order valence-electron chi connectivity index (χ1n) is 12.6. The molecule has 4 rings (SSSR count). The normalized spacial score (nSPS) is 21.1. The summed E-state index contributed by atoms with van der Waals surface area (Å²) < 4.78 is 5.90. The van der Waals surface area contributed by atoms with Crippen LogP contribution in [0.3, 0.4) is 0 Å². The largest absolute Gasteiger partial charge is 0.481 e. The van der Waals surface area contributed by atoms with Crippen LogP contribution in [-0.4, -0.2) is 22.1 Å². The van der Waals surface area contributed by atoms with Crippen LogP contribution in [0.1, 0.15) is 112 Å². The van der Waals surface area contributed by atoms with E-state index in [1.165, 1.54) is 6.42 Å². The number of aromatic nitrogens is 1. The second kappa shape index (κ2) is 9.55. The van der Waals surface area contributed by atoms with Gasteiger partial charge in [0.05, 0.1) is 12.1 Å². The van der Waals surface area contributed by atoms with Crippen molar-refractivity contribution in [3.63, 3.8) is 0 Å². The smallest absolute Gasteiger partial charge is 0.304 e. The topological polar surface area (TPSA) is 92.4 Å². The lowest BCUT2D eigenvalue weighted by molar-refractivity contribution is -0.137. The third-order valence-electron chi connectivity index (χ3n) is 7.17. The van der Waals surface area contributed by atoms with Crippen LogP contribution in [0.2, 0.25) is 0 Å². The molecule has 2 fully saturated rings. The zero-order valence-electron chi connectivity index (χ0n) is 21.1. The number of hydrogen-bond donors (Lipinski definition) is 2. The van der Waals surface area contributed by atoms with Gasteiger partial charge in [0.1, 0.15) is 5.76 Å². The molecule has 0 spiro atoms. The standard InChI is InChI=1S/C28H38N2O4/c1-16-6-9-22(17(2)10-16)29-23(31)13-20(14-24(32)33)26-25(19-7-8-19)27(34-30-26)21-11-18(12-21)15-28(3,4)5/h6,9-10,18-21H,7-8,11-15H2,1-5H3,(H,29,31)(H,32,33)/t18?,20-,21?/m0/s1. The van der Waals surface area contributed by atoms with Gasteiger partial charge in [-0.15, -0.1) is 0 Å². The van der Waals surface area contributed by atoms with Gasteiger partial charge in [-0.2, -0.15) is 0 Å². The average Bonchev–Trinajstić information content (AvgIpc) is 3.43. The fraction of sp³-hybridized carbons (Fsp3) is 0.607. The van der Waals surface area contributed by atoms with Gasteiger partial charge < -0.3 is 14.9 Å². The van der Waals surface area contributed by atoms with Crippen molar-refractivity contribution >= 4 is 17.6 Å². The van der Waals surface area contributed by atoms with Crippen molar-refractivity contribution in [1.29, 1.82) is 0 Å². The lowest BCUT2D eigenvalue weighted by Gasteiger charge is -2.38. The van der Waals surface area contributed by atoms with Crippen LogP contribution in [0, 0.1) is 25.2 Å². The molecule has 0 bridgehead atoms. The number of carbonyl (C=O) groups is 2. The molecule has 0 unspecified atom stereocenters. The quantitative estimate of drug-likeness (QED) is 0.430. The van der Waals surface area contributed by atoms with E-state index in [9.17, 15) is 14.7 Å². The molecule has 0 radical (unpaired) electrons. The van der Waals surface area contributed by atoms with Gasteiger partial charge >= 0.3 is 5.97 Å². The molecule has 34 heavy (non-hydrogen) atoms. The van der Waals surface area contributed by atoms with E-state index in [1.807, 2.05) is 32.0 Å². The Morgan fingerprint density at radius 2 is 1.85 bits per heavy atom. The zero-order chi connectivity index (χ0) is 24.6. The third kappa shape index (κ3) is 5.89. The lowest BCUT2D eigenvalue weighted by atomic mass is 9.67. The molecule has 184 valence electrons. The van der Waals surface area contributed by atoms with Crippen molar-refractivity contribution < 1.29 is 19.2 Å². The Morgan fingerprint density at radius 1 is 1.15 bits per heavy atom. The predicted molar refractivity (Wildman–Crippen MR) is 132 cm³/mol. The number of aliphatic carboxylic acids is 1. The number of anilines is 1. The summed E-state index contributed by atoms with van der Waals surface area (Å²) in [4.78, 5) is 24.6. The fourth-order valence-corrected chi connectivity index (χ4v) is 5.53. The molecule has 1 heterocycles. The van der Waals surface area contributed by atoms with Crippen molar-refractivity contribution in [1.82, 2.24) is 5.16 Å². The molecule has 6 heteroatoms. The maximum atomic E-state index is 12.9. The number of nitrogens with zero attached hydrogens (tertiary/aromatic N) is 1. The van der Waals surface area contributed by atoms with Crippen LogP contribution < -0.4 is 5.32 Å². The van der Waals surface area contributed by atoms with Crippen molar-refractivity contribution in [2.45, 2.75) is 97.3 Å². The Labute approximate surface area is 202 Å². The van der Waals surface area contributed by atoms with Crippen molar-refractivity contribution in [2.24, 2.45) is 11.3 Å². The minimum absolute atomic E-state index is 0.0720. The first-order chi connectivity index (χ1) is 16.0. The molecular weight excluding hydrogens is 428 g/mol. The molecule has 2 saturated carbocycles. The van der Waals surface area contributed by atoms with Gasteiger partial charge in [0.2, 0.25) is 5.91 Å². The summed E-state index contributed by atoms with van der Waals surface area (Å²) >= 11 is 0. The van der Waals surface area contributed by atoms with Crippen molar-refractivity contribution in [2.75, 3.05) is 5.32 Å². The van der Waals surface area contributed by atoms with E-state index in [0.29, 0.717) is 28.9 Å². The molecule has 1 aromatic heterocycles. The van der Waals surface area contributed by atoms with E-state index in [4.69, 9.17) is 4.52 Å². The Bertz CT molecular complexity index is 1050. The molecule has 2 N–H and O–H groups in total. The minimum atomic E-state index is -0.926. The van der Waals surface area contributed by atoms with E-state index < -0.39 is 11.9 Å². The lowest BCUT2D eigenvalue weighted by Crippen LogP contribution is -2.26. The van der Waals surface area contributed by atoms with Crippen LogP contribution in [-0.2, 0) is 9.59 Å². The number of amides is 1. The molecule has 6 nitrogen and oxygen atoms in total. The summed E-state index contributed by atoms with van der Waals surface area (Å²) in [5.41, 5.74) is 4.98. The maximum absolute atomic E-state index is 12.9. The molecular formula is C28H38N2O4. The van der Waals surface area contributed by atoms with Gasteiger partial charge in [-0.3, -0.25) is 9.59 Å². The van der Waals surface area contributed by atoms with Crippen molar-refractivity contribution in [3.05, 3.63) is 46.3 Å². The molecule has 2 aliphatic carbocycles. The van der Waals surface area contributed by atoms with Gasteiger partial charge in [0.15, 0.2) is 0 Å². The van der Waals surface area contributed by atoms with Crippen LogP contribution >= 0.6 is 0 Å². The summed E-state index contributed by atoms with van der Waals surface area (Å²) in [6.07, 6.45) is 5.49. The summed E-state index contributed by atoms with van der Waals surface area (Å²) in [5.74, 6) is 0.775. The highest BCUT2D eigenvalue weighted by atomic mass is 16.5. The molecule has 0 aliphatic heterocycles. The molecule has 0 saturated heterocycles. The number of aryl methyl sites for hydroxylation is 2. The van der Waals surface area contributed by atoms with Gasteiger partial charge in [-0.1, -0.05) is 43.6 Å². The second-order valence-corrected chi connectivity index (χ2v) is 11.8. The number of benzene rings is 1. The van der Waals surface area contributed by atoms with E-state index in [2.05, 4.69) is 31.2 Å². The molecule has 1 amide bonds. The summed E-state index contributed by atoms with van der Waals surface area (Å²) in [6.45, 7) is 10.8. The molecule has 2 aliphatic rings. The third-order valence-corrected chi connectivity index (χ3v) is 7.17. The number of nitrogens with one attached hydrogen (secondary N) is 1. The highest BCUT2D eigenvalue weighted by molar-refractivity contribution is 5.92. The summed E-state index contributed by atoms with van der Waals surface area (Å²) in [6, 6.07) is 5.87. The number of carbonyl (C=O) groups excluding carboxylic acids is 1. The van der Waals surface area contributed by atoms with Crippen LogP contribution in [0.25, 0.3) is 0 Å². The van der Waals surface area contributed by atoms with Gasteiger partial charge in [-0.05, 0) is 74.8 Å². The second-order valence-electron chi connectivity index (χ2n) is 11.8. The summed E-state index contributed by atoms with van der Waals surface area (Å²) in [7, 11) is 0. The predicted octanol–water partition coefficient (Wildman–Crippen LogP) is 6.69. The van der Waals surface area contributed by atoms with E-state index in [0.717, 1.165) is 53.8 Å². The number of carboxylic acid groups (broad SMARTS) is 1. The van der Waals surface area contributed by atoms with Crippen LogP contribution in [0.4, 0.5) is 5.69 Å². The Balaban J connectivity index is 1.51. The van der Waals surface area contributed by atoms with E-state index >= 15 is 0 Å². The van der Waals surface area contributed by atoms with Gasteiger partial charge in [0, 0.05) is 29.5 Å². The number of carboxylic acids is 1. The first kappa shape index (κ1) is 24.5. The van der Waals surface area contributed by atoms with Crippen molar-refractivity contribution in [3.8, 4) is 0 Å². The molecule has 2 aromatic rings. The van der Waals surface area contributed by atoms with Crippen LogP contribution in [0.5, 0.6) is 0 Å². The maximum Gasteiger partial charge on any atom is 0.304 e. The first-order valence-corrected chi connectivity index (χ1v) is 12.6. The molecule has 1 aromatic carbocycles. The molecule has 1 atom stereocenters. The number of rotatable bonds is 9. The highest BCUT2D eigenvalue weighted by Gasteiger charge is 2.42. The van der Waals surface area contributed by atoms with E-state index in [1.54, 1.807) is 0 Å². The van der Waals surface area contributed by atoms with Crippen LogP contribution in [0.15, 0.2) is 22.7 Å². The monoisotopic (exact) mass is 466 g/mol.